The summed E-state index contributed by atoms with van der Waals surface area (Å²) in [6, 6.07) is 16.7. The zero-order valence-corrected chi connectivity index (χ0v) is 18.5. The van der Waals surface area contributed by atoms with Gasteiger partial charge in [-0.15, -0.1) is 0 Å². The van der Waals surface area contributed by atoms with Gasteiger partial charge >= 0.3 is 12.1 Å². The number of ether oxygens (including phenoxy) is 1. The normalized spacial score (nSPS) is 13.0. The lowest BCUT2D eigenvalue weighted by molar-refractivity contribution is -0.137. The van der Waals surface area contributed by atoms with Gasteiger partial charge in [0.2, 0.25) is 5.91 Å². The van der Waals surface area contributed by atoms with E-state index in [0.717, 1.165) is 27.1 Å². The SMILES string of the molecule is O=C(O)CCC(NC(=O)OCC1c2ccccc2-c2ccccc21)C(=O)NCc1ccns1. The van der Waals surface area contributed by atoms with Gasteiger partial charge in [-0.1, -0.05) is 48.5 Å². The smallest absolute Gasteiger partial charge is 0.407 e. The van der Waals surface area contributed by atoms with Crippen molar-refractivity contribution in [1.29, 1.82) is 0 Å². The fourth-order valence-electron chi connectivity index (χ4n) is 3.95. The first-order valence-electron chi connectivity index (χ1n) is 10.5. The van der Waals surface area contributed by atoms with Crippen LogP contribution in [-0.4, -0.2) is 40.1 Å². The molecule has 0 saturated heterocycles. The van der Waals surface area contributed by atoms with E-state index in [0.29, 0.717) is 0 Å². The topological polar surface area (TPSA) is 118 Å². The molecule has 0 fully saturated rings. The van der Waals surface area contributed by atoms with Crippen LogP contribution < -0.4 is 10.6 Å². The van der Waals surface area contributed by atoms with E-state index in [1.54, 1.807) is 12.3 Å². The van der Waals surface area contributed by atoms with Crippen molar-refractivity contribution in [3.05, 3.63) is 76.8 Å². The predicted octanol–water partition coefficient (Wildman–Crippen LogP) is 3.53. The van der Waals surface area contributed by atoms with Crippen LogP contribution in [0.25, 0.3) is 11.1 Å². The molecular formula is C24H23N3O5S. The molecule has 0 saturated carbocycles. The van der Waals surface area contributed by atoms with Gasteiger partial charge in [-0.2, -0.15) is 0 Å². The standard InChI is InChI=1S/C24H23N3O5S/c28-22(29)10-9-21(23(30)25-13-15-11-12-26-33-15)27-24(31)32-14-20-18-7-3-1-5-16(18)17-6-2-4-8-19(17)20/h1-8,11-12,20-21H,9-10,13-14H2,(H,25,30)(H,27,31)(H,28,29). The highest BCUT2D eigenvalue weighted by molar-refractivity contribution is 7.05. The Morgan fingerprint density at radius 3 is 2.30 bits per heavy atom. The molecule has 9 heteroatoms. The number of carboxylic acids is 1. The minimum absolute atomic E-state index is 0.0476. The number of nitrogens with zero attached hydrogens (tertiary/aromatic N) is 1. The maximum absolute atomic E-state index is 12.6. The maximum Gasteiger partial charge on any atom is 0.407 e. The van der Waals surface area contributed by atoms with Gasteiger partial charge in [0.05, 0.1) is 6.54 Å². The first kappa shape index (κ1) is 22.5. The van der Waals surface area contributed by atoms with E-state index >= 15 is 0 Å². The summed E-state index contributed by atoms with van der Waals surface area (Å²) < 4.78 is 9.46. The summed E-state index contributed by atoms with van der Waals surface area (Å²) in [5.41, 5.74) is 4.39. The number of aliphatic carboxylic acids is 1. The molecule has 3 aromatic rings. The van der Waals surface area contributed by atoms with Crippen molar-refractivity contribution in [3.63, 3.8) is 0 Å². The van der Waals surface area contributed by atoms with Gasteiger partial charge in [0.25, 0.3) is 0 Å². The number of hydrogen-bond acceptors (Lipinski definition) is 6. The van der Waals surface area contributed by atoms with Crippen molar-refractivity contribution >= 4 is 29.5 Å². The Hall–Kier alpha value is -3.72. The van der Waals surface area contributed by atoms with Gasteiger partial charge in [0.15, 0.2) is 0 Å². The number of aromatic nitrogens is 1. The van der Waals surface area contributed by atoms with E-state index < -0.39 is 24.0 Å². The summed E-state index contributed by atoms with van der Waals surface area (Å²) in [5, 5.41) is 14.2. The molecule has 2 aromatic carbocycles. The van der Waals surface area contributed by atoms with Crippen molar-refractivity contribution in [2.24, 2.45) is 0 Å². The van der Waals surface area contributed by atoms with Crippen LogP contribution in [0.3, 0.4) is 0 Å². The monoisotopic (exact) mass is 465 g/mol. The first-order valence-corrected chi connectivity index (χ1v) is 11.3. The molecule has 2 amide bonds. The Labute approximate surface area is 194 Å². The molecule has 0 radical (unpaired) electrons. The molecule has 0 aliphatic heterocycles. The molecule has 3 N–H and O–H groups in total. The molecule has 0 spiro atoms. The largest absolute Gasteiger partial charge is 0.481 e. The number of hydrogen-bond donors (Lipinski definition) is 3. The van der Waals surface area contributed by atoms with Crippen LogP contribution in [0.4, 0.5) is 4.79 Å². The third kappa shape index (κ3) is 5.38. The minimum Gasteiger partial charge on any atom is -0.481 e. The van der Waals surface area contributed by atoms with Crippen LogP contribution in [0.2, 0.25) is 0 Å². The Balaban J connectivity index is 1.39. The second kappa shape index (κ2) is 10.3. The molecular weight excluding hydrogens is 442 g/mol. The molecule has 1 atom stereocenters. The number of amides is 2. The zero-order chi connectivity index (χ0) is 23.2. The molecule has 1 aliphatic carbocycles. The first-order chi connectivity index (χ1) is 16.0. The molecule has 1 unspecified atom stereocenters. The number of alkyl carbamates (subject to hydrolysis) is 1. The predicted molar refractivity (Wildman–Crippen MR) is 123 cm³/mol. The second-order valence-corrected chi connectivity index (χ2v) is 8.57. The van der Waals surface area contributed by atoms with Gasteiger partial charge in [-0.3, -0.25) is 9.59 Å². The van der Waals surface area contributed by atoms with Crippen LogP contribution in [0.15, 0.2) is 60.8 Å². The van der Waals surface area contributed by atoms with Crippen molar-refractivity contribution in [1.82, 2.24) is 15.0 Å². The molecule has 8 nitrogen and oxygen atoms in total. The Morgan fingerprint density at radius 1 is 1.03 bits per heavy atom. The van der Waals surface area contributed by atoms with E-state index in [1.807, 2.05) is 48.5 Å². The Bertz CT molecular complexity index is 1100. The quantitative estimate of drug-likeness (QED) is 0.445. The van der Waals surface area contributed by atoms with Crippen LogP contribution in [0.1, 0.15) is 34.8 Å². The number of carboxylic acid groups (broad SMARTS) is 1. The van der Waals surface area contributed by atoms with Crippen molar-refractivity contribution in [3.8, 4) is 11.1 Å². The fourth-order valence-corrected chi connectivity index (χ4v) is 4.47. The van der Waals surface area contributed by atoms with Crippen molar-refractivity contribution in [2.45, 2.75) is 31.3 Å². The molecule has 1 aliphatic rings. The molecule has 1 heterocycles. The number of rotatable bonds is 9. The molecule has 0 bridgehead atoms. The molecule has 1 aromatic heterocycles. The van der Waals surface area contributed by atoms with Crippen LogP contribution in [0, 0.1) is 0 Å². The average molecular weight is 466 g/mol. The fraction of sp³-hybridized carbons (Fsp3) is 0.250. The van der Waals surface area contributed by atoms with Gasteiger partial charge in [-0.05, 0) is 46.3 Å². The van der Waals surface area contributed by atoms with Gasteiger partial charge in [-0.25, -0.2) is 9.17 Å². The van der Waals surface area contributed by atoms with Gasteiger partial charge in [0.1, 0.15) is 12.6 Å². The third-order valence-corrected chi connectivity index (χ3v) is 6.27. The number of benzene rings is 2. The van der Waals surface area contributed by atoms with E-state index in [2.05, 4.69) is 15.0 Å². The summed E-state index contributed by atoms with van der Waals surface area (Å²) in [4.78, 5) is 37.0. The third-order valence-electron chi connectivity index (χ3n) is 5.53. The highest BCUT2D eigenvalue weighted by Crippen LogP contribution is 2.44. The summed E-state index contributed by atoms with van der Waals surface area (Å²) in [7, 11) is 0. The lowest BCUT2D eigenvalue weighted by Crippen LogP contribution is -2.47. The van der Waals surface area contributed by atoms with Crippen molar-refractivity contribution in [2.75, 3.05) is 6.61 Å². The Kier molecular flexibility index (Phi) is 6.99. The minimum atomic E-state index is -1.05. The highest BCUT2D eigenvalue weighted by Gasteiger charge is 2.30. The Morgan fingerprint density at radius 2 is 1.70 bits per heavy atom. The second-order valence-electron chi connectivity index (χ2n) is 7.65. The summed E-state index contributed by atoms with van der Waals surface area (Å²) in [6.07, 6.45) is 0.555. The zero-order valence-electron chi connectivity index (χ0n) is 17.7. The molecule has 4 rings (SSSR count). The van der Waals surface area contributed by atoms with Crippen LogP contribution in [0.5, 0.6) is 0 Å². The highest BCUT2D eigenvalue weighted by atomic mass is 32.1. The number of nitrogens with one attached hydrogen (secondary N) is 2. The van der Waals surface area contributed by atoms with Crippen LogP contribution >= 0.6 is 11.5 Å². The maximum atomic E-state index is 12.6. The average Bonchev–Trinajstić information content (AvgIpc) is 3.45. The number of carbonyl (C=O) groups is 3. The molecule has 33 heavy (non-hydrogen) atoms. The summed E-state index contributed by atoms with van der Waals surface area (Å²) in [5.74, 6) is -1.64. The summed E-state index contributed by atoms with van der Waals surface area (Å²) in [6.45, 7) is 0.355. The summed E-state index contributed by atoms with van der Waals surface area (Å²) >= 11 is 1.25. The van der Waals surface area contributed by atoms with Gasteiger partial charge in [0, 0.05) is 23.4 Å². The van der Waals surface area contributed by atoms with Crippen LogP contribution in [-0.2, 0) is 20.9 Å². The van der Waals surface area contributed by atoms with Gasteiger partial charge < -0.3 is 20.5 Å². The number of carbonyl (C=O) groups excluding carboxylic acids is 2. The number of fused-ring (bicyclic) bond motifs is 3. The lowest BCUT2D eigenvalue weighted by Gasteiger charge is -2.19. The lowest BCUT2D eigenvalue weighted by atomic mass is 9.98. The molecule has 170 valence electrons. The van der Waals surface area contributed by atoms with E-state index in [-0.39, 0.29) is 31.9 Å². The van der Waals surface area contributed by atoms with E-state index in [9.17, 15) is 14.4 Å². The van der Waals surface area contributed by atoms with E-state index in [4.69, 9.17) is 9.84 Å². The van der Waals surface area contributed by atoms with Crippen molar-refractivity contribution < 1.29 is 24.2 Å². The van der Waals surface area contributed by atoms with E-state index in [1.165, 1.54) is 11.5 Å².